The van der Waals surface area contributed by atoms with Crippen LogP contribution in [-0.4, -0.2) is 11.7 Å². The van der Waals surface area contributed by atoms with Gasteiger partial charge in [0.15, 0.2) is 5.11 Å². The average molecular weight is 344 g/mol. The Morgan fingerprint density at radius 2 is 1.50 bits per heavy atom. The maximum absolute atomic E-state index is 12.8. The van der Waals surface area contributed by atoms with E-state index in [1.807, 2.05) is 6.92 Å². The molecule has 0 atom stereocenters. The molecule has 124 valence electrons. The highest BCUT2D eigenvalue weighted by Gasteiger charge is 2.37. The Labute approximate surface area is 128 Å². The Kier molecular flexibility index (Phi) is 5.66. The summed E-state index contributed by atoms with van der Waals surface area (Å²) in [6.45, 7) is 1.97. The largest absolute Gasteiger partial charge is 0.416 e. The van der Waals surface area contributed by atoms with Crippen molar-refractivity contribution in [1.82, 2.24) is 0 Å². The molecule has 0 spiro atoms. The second-order valence-electron chi connectivity index (χ2n) is 4.61. The lowest BCUT2D eigenvalue weighted by atomic mass is 10.1. The maximum Gasteiger partial charge on any atom is 0.416 e. The molecule has 0 amide bonds. The van der Waals surface area contributed by atoms with Crippen LogP contribution in [0.25, 0.3) is 0 Å². The summed E-state index contributed by atoms with van der Waals surface area (Å²) >= 11 is 4.73. The predicted octanol–water partition coefficient (Wildman–Crippen LogP) is 4.57. The SMILES string of the molecule is CCCCN(C(N)=S)c1cc(C(F)(F)F)cc(C(F)(F)F)c1. The number of nitrogens with zero attached hydrogens (tertiary/aromatic N) is 1. The summed E-state index contributed by atoms with van der Waals surface area (Å²) < 4.78 is 76.8. The van der Waals surface area contributed by atoms with Crippen LogP contribution in [0.2, 0.25) is 0 Å². The van der Waals surface area contributed by atoms with E-state index < -0.39 is 23.5 Å². The van der Waals surface area contributed by atoms with Gasteiger partial charge in [-0.1, -0.05) is 13.3 Å². The van der Waals surface area contributed by atoms with E-state index in [9.17, 15) is 26.3 Å². The fourth-order valence-corrected chi connectivity index (χ4v) is 1.97. The quantitative estimate of drug-likeness (QED) is 0.641. The highest BCUT2D eigenvalue weighted by atomic mass is 32.1. The summed E-state index contributed by atoms with van der Waals surface area (Å²) in [5, 5.41) is -0.277. The van der Waals surface area contributed by atoms with Crippen LogP contribution in [0.4, 0.5) is 32.0 Å². The molecule has 0 radical (unpaired) electrons. The smallest absolute Gasteiger partial charge is 0.376 e. The minimum Gasteiger partial charge on any atom is -0.376 e. The van der Waals surface area contributed by atoms with Gasteiger partial charge in [0.2, 0.25) is 0 Å². The van der Waals surface area contributed by atoms with Crippen LogP contribution in [0, 0.1) is 0 Å². The Morgan fingerprint density at radius 1 is 1.05 bits per heavy atom. The predicted molar refractivity (Wildman–Crippen MR) is 75.5 cm³/mol. The molecule has 0 unspecified atom stereocenters. The molecule has 1 rings (SSSR count). The molecule has 0 saturated heterocycles. The van der Waals surface area contributed by atoms with Crippen molar-refractivity contribution in [2.24, 2.45) is 5.73 Å². The van der Waals surface area contributed by atoms with Gasteiger partial charge in [0.05, 0.1) is 11.1 Å². The maximum atomic E-state index is 12.8. The first-order valence-electron chi connectivity index (χ1n) is 6.33. The first-order valence-corrected chi connectivity index (χ1v) is 6.74. The van der Waals surface area contributed by atoms with Crippen LogP contribution >= 0.6 is 12.2 Å². The van der Waals surface area contributed by atoms with Crippen LogP contribution in [0.1, 0.15) is 30.9 Å². The highest BCUT2D eigenvalue weighted by molar-refractivity contribution is 7.80. The third-order valence-electron chi connectivity index (χ3n) is 2.89. The number of rotatable bonds is 4. The van der Waals surface area contributed by atoms with Crippen molar-refractivity contribution < 1.29 is 26.3 Å². The molecule has 0 aliphatic heterocycles. The van der Waals surface area contributed by atoms with Gasteiger partial charge in [-0.05, 0) is 36.8 Å². The van der Waals surface area contributed by atoms with Gasteiger partial charge >= 0.3 is 12.4 Å². The molecule has 0 aromatic heterocycles. The monoisotopic (exact) mass is 344 g/mol. The minimum atomic E-state index is -4.90. The molecule has 1 aromatic rings. The van der Waals surface area contributed by atoms with Crippen molar-refractivity contribution >= 4 is 23.0 Å². The number of nitrogens with two attached hydrogens (primary N) is 1. The molecule has 0 heterocycles. The van der Waals surface area contributed by atoms with E-state index in [0.717, 1.165) is 4.90 Å². The molecule has 2 nitrogen and oxygen atoms in total. The van der Waals surface area contributed by atoms with E-state index in [1.165, 1.54) is 0 Å². The van der Waals surface area contributed by atoms with Crippen molar-refractivity contribution in [3.63, 3.8) is 0 Å². The van der Waals surface area contributed by atoms with E-state index in [1.54, 1.807) is 0 Å². The summed E-state index contributed by atoms with van der Waals surface area (Å²) in [5.74, 6) is 0. The van der Waals surface area contributed by atoms with Crippen LogP contribution in [0.5, 0.6) is 0 Å². The number of hydrogen-bond donors (Lipinski definition) is 1. The number of benzene rings is 1. The molecule has 0 saturated carbocycles. The summed E-state index contributed by atoms with van der Waals surface area (Å²) in [6.07, 6.45) is -8.59. The molecular formula is C13H14F6N2S. The molecule has 9 heteroatoms. The molecule has 1 aromatic carbocycles. The topological polar surface area (TPSA) is 29.3 Å². The van der Waals surface area contributed by atoms with Crippen molar-refractivity contribution in [1.29, 1.82) is 0 Å². The van der Waals surface area contributed by atoms with E-state index in [4.69, 9.17) is 18.0 Å². The van der Waals surface area contributed by atoms with Crippen molar-refractivity contribution in [3.05, 3.63) is 29.3 Å². The fourth-order valence-electron chi connectivity index (χ4n) is 1.78. The third-order valence-corrected chi connectivity index (χ3v) is 3.11. The lowest BCUT2D eigenvalue weighted by Crippen LogP contribution is -2.36. The van der Waals surface area contributed by atoms with Crippen LogP contribution in [0.15, 0.2) is 18.2 Å². The van der Waals surface area contributed by atoms with Crippen molar-refractivity contribution in [2.75, 3.05) is 11.4 Å². The zero-order valence-corrected chi connectivity index (χ0v) is 12.4. The Morgan fingerprint density at radius 3 is 1.82 bits per heavy atom. The molecule has 22 heavy (non-hydrogen) atoms. The first-order chi connectivity index (χ1) is 9.96. The van der Waals surface area contributed by atoms with Gasteiger partial charge in [-0.25, -0.2) is 0 Å². The molecular weight excluding hydrogens is 330 g/mol. The fraction of sp³-hybridized carbons (Fsp3) is 0.462. The third kappa shape index (κ3) is 4.75. The standard InChI is InChI=1S/C13H14F6N2S/c1-2-3-4-21(11(20)22)10-6-8(12(14,15)16)5-9(7-10)13(17,18)19/h5-7H,2-4H2,1H3,(H2,20,22). The second-order valence-corrected chi connectivity index (χ2v) is 5.03. The van der Waals surface area contributed by atoms with Gasteiger partial charge in [-0.3, -0.25) is 0 Å². The first kappa shape index (κ1) is 18.5. The van der Waals surface area contributed by atoms with Gasteiger partial charge in [-0.2, -0.15) is 26.3 Å². The molecule has 2 N–H and O–H groups in total. The lowest BCUT2D eigenvalue weighted by molar-refractivity contribution is -0.143. The van der Waals surface area contributed by atoms with Crippen LogP contribution < -0.4 is 10.6 Å². The number of anilines is 1. The van der Waals surface area contributed by atoms with Gasteiger partial charge in [0.1, 0.15) is 0 Å². The number of halogens is 6. The Balaban J connectivity index is 3.41. The van der Waals surface area contributed by atoms with E-state index in [2.05, 4.69) is 0 Å². The molecule has 0 bridgehead atoms. The summed E-state index contributed by atoms with van der Waals surface area (Å²) in [6, 6.07) is 1.30. The van der Waals surface area contributed by atoms with E-state index in [-0.39, 0.29) is 23.4 Å². The summed E-state index contributed by atoms with van der Waals surface area (Å²) in [5.41, 5.74) is 2.32. The average Bonchev–Trinajstić information content (AvgIpc) is 2.36. The number of unbranched alkanes of at least 4 members (excludes halogenated alkanes) is 1. The summed E-state index contributed by atoms with van der Waals surface area (Å²) in [7, 11) is 0. The van der Waals surface area contributed by atoms with Gasteiger partial charge in [-0.15, -0.1) is 0 Å². The summed E-state index contributed by atoms with van der Waals surface area (Å²) in [4.78, 5) is 1.07. The zero-order chi connectivity index (χ0) is 17.1. The molecule has 0 fully saturated rings. The minimum absolute atomic E-state index is 0.0705. The Hall–Kier alpha value is -1.51. The lowest BCUT2D eigenvalue weighted by Gasteiger charge is -2.25. The van der Waals surface area contributed by atoms with Crippen LogP contribution in [-0.2, 0) is 12.4 Å². The number of thiocarbonyl (C=S) groups is 1. The number of hydrogen-bond acceptors (Lipinski definition) is 1. The Bertz CT molecular complexity index is 506. The molecule has 0 aliphatic rings. The zero-order valence-electron chi connectivity index (χ0n) is 11.6. The van der Waals surface area contributed by atoms with Gasteiger partial charge < -0.3 is 10.6 Å². The normalized spacial score (nSPS) is 12.3. The van der Waals surface area contributed by atoms with Crippen molar-refractivity contribution in [2.45, 2.75) is 32.1 Å². The van der Waals surface area contributed by atoms with Crippen molar-refractivity contribution in [3.8, 4) is 0 Å². The van der Waals surface area contributed by atoms with Gasteiger partial charge in [0.25, 0.3) is 0 Å². The second kappa shape index (κ2) is 6.72. The highest BCUT2D eigenvalue weighted by Crippen LogP contribution is 2.38. The van der Waals surface area contributed by atoms with E-state index >= 15 is 0 Å². The van der Waals surface area contributed by atoms with Gasteiger partial charge in [0, 0.05) is 12.2 Å². The molecule has 0 aliphatic carbocycles. The number of alkyl halides is 6. The van der Waals surface area contributed by atoms with E-state index in [0.29, 0.717) is 25.0 Å². The van der Waals surface area contributed by atoms with Crippen LogP contribution in [0.3, 0.4) is 0 Å².